The lowest BCUT2D eigenvalue weighted by atomic mass is 9.97. The number of hydrogen-bond donors (Lipinski definition) is 3. The van der Waals surface area contributed by atoms with Crippen molar-refractivity contribution in [3.05, 3.63) is 23.8 Å². The molecule has 0 aliphatic rings. The molecule has 0 fully saturated rings. The molecule has 6 nitrogen and oxygen atoms in total. The molecule has 0 aromatic heterocycles. The zero-order valence-electron chi connectivity index (χ0n) is 11.7. The van der Waals surface area contributed by atoms with E-state index in [4.69, 9.17) is 15.6 Å². The topological polar surface area (TPSA) is 110 Å². The Hall–Kier alpha value is -2.08. The van der Waals surface area contributed by atoms with Crippen molar-refractivity contribution in [2.75, 3.05) is 0 Å². The number of phenols is 1. The van der Waals surface area contributed by atoms with Crippen LogP contribution in [0.2, 0.25) is 0 Å². The Labute approximate surface area is 117 Å². The maximum atomic E-state index is 11.8. The van der Waals surface area contributed by atoms with Crippen molar-refractivity contribution >= 4 is 11.9 Å². The van der Waals surface area contributed by atoms with Gasteiger partial charge in [0, 0.05) is 0 Å². The van der Waals surface area contributed by atoms with Gasteiger partial charge < -0.3 is 20.7 Å². The minimum atomic E-state index is -1.12. The Morgan fingerprint density at radius 1 is 1.35 bits per heavy atom. The Morgan fingerprint density at radius 3 is 2.45 bits per heavy atom. The fourth-order valence-corrected chi connectivity index (χ4v) is 1.36. The lowest BCUT2D eigenvalue weighted by molar-refractivity contribution is -0.143. The van der Waals surface area contributed by atoms with E-state index in [-0.39, 0.29) is 17.9 Å². The molecule has 6 heteroatoms. The van der Waals surface area contributed by atoms with Crippen molar-refractivity contribution < 1.29 is 24.5 Å². The standard InChI is InChI=1S/C14H19NO5/c1-14(2,3)13(19)20-11-7-8(4-5-10(11)16)6-9(15)12(17)18/h4-5,7,9,16H,6,15H2,1-3H3,(H,17,18)/t9-/m0/s1. The van der Waals surface area contributed by atoms with Crippen LogP contribution in [0.3, 0.4) is 0 Å². The summed E-state index contributed by atoms with van der Waals surface area (Å²) in [5, 5.41) is 18.4. The molecule has 1 atom stereocenters. The first-order valence-corrected chi connectivity index (χ1v) is 6.14. The molecular weight excluding hydrogens is 262 g/mol. The second-order valence-electron chi connectivity index (χ2n) is 5.59. The SMILES string of the molecule is CC(C)(C)C(=O)Oc1cc(C[C@H](N)C(=O)O)ccc1O. The summed E-state index contributed by atoms with van der Waals surface area (Å²) in [4.78, 5) is 22.5. The fourth-order valence-electron chi connectivity index (χ4n) is 1.36. The van der Waals surface area contributed by atoms with Gasteiger partial charge in [0.15, 0.2) is 11.5 Å². The summed E-state index contributed by atoms with van der Waals surface area (Å²) in [6.07, 6.45) is 0.0790. The van der Waals surface area contributed by atoms with Gasteiger partial charge in [-0.2, -0.15) is 0 Å². The summed E-state index contributed by atoms with van der Waals surface area (Å²) in [7, 11) is 0. The van der Waals surface area contributed by atoms with E-state index < -0.39 is 23.4 Å². The maximum absolute atomic E-state index is 11.8. The van der Waals surface area contributed by atoms with Crippen LogP contribution in [0.1, 0.15) is 26.3 Å². The summed E-state index contributed by atoms with van der Waals surface area (Å²) in [6.45, 7) is 5.07. The van der Waals surface area contributed by atoms with Gasteiger partial charge in [0.2, 0.25) is 0 Å². The number of phenolic OH excluding ortho intramolecular Hbond substituents is 1. The van der Waals surface area contributed by atoms with E-state index in [2.05, 4.69) is 0 Å². The molecule has 0 saturated carbocycles. The number of hydrogen-bond acceptors (Lipinski definition) is 5. The van der Waals surface area contributed by atoms with Crippen molar-refractivity contribution in [2.24, 2.45) is 11.1 Å². The van der Waals surface area contributed by atoms with Crippen LogP contribution in [-0.2, 0) is 16.0 Å². The first-order valence-electron chi connectivity index (χ1n) is 6.14. The van der Waals surface area contributed by atoms with Crippen LogP contribution in [0.25, 0.3) is 0 Å². The molecule has 0 unspecified atom stereocenters. The van der Waals surface area contributed by atoms with Crippen LogP contribution in [0.4, 0.5) is 0 Å². The predicted molar refractivity (Wildman–Crippen MR) is 72.5 cm³/mol. The largest absolute Gasteiger partial charge is 0.504 e. The molecule has 0 spiro atoms. The third-order valence-electron chi connectivity index (χ3n) is 2.61. The summed E-state index contributed by atoms with van der Waals surface area (Å²) in [5.41, 5.74) is 5.29. The zero-order chi connectivity index (χ0) is 15.5. The monoisotopic (exact) mass is 281 g/mol. The van der Waals surface area contributed by atoms with Crippen molar-refractivity contribution in [3.8, 4) is 11.5 Å². The molecule has 1 aromatic carbocycles. The van der Waals surface area contributed by atoms with Gasteiger partial charge in [-0.3, -0.25) is 9.59 Å². The number of esters is 1. The number of carbonyl (C=O) groups is 2. The van der Waals surface area contributed by atoms with Gasteiger partial charge in [-0.25, -0.2) is 0 Å². The smallest absolute Gasteiger partial charge is 0.320 e. The van der Waals surface area contributed by atoms with Gasteiger partial charge in [-0.1, -0.05) is 6.07 Å². The zero-order valence-corrected chi connectivity index (χ0v) is 11.7. The van der Waals surface area contributed by atoms with Crippen LogP contribution in [-0.4, -0.2) is 28.2 Å². The van der Waals surface area contributed by atoms with Crippen molar-refractivity contribution in [1.29, 1.82) is 0 Å². The van der Waals surface area contributed by atoms with E-state index in [9.17, 15) is 14.7 Å². The third kappa shape index (κ3) is 4.24. The van der Waals surface area contributed by atoms with Gasteiger partial charge in [0.05, 0.1) is 5.41 Å². The van der Waals surface area contributed by atoms with E-state index in [1.807, 2.05) is 0 Å². The molecule has 1 aromatic rings. The molecule has 0 bridgehead atoms. The number of nitrogens with two attached hydrogens (primary N) is 1. The molecule has 0 aliphatic heterocycles. The fraction of sp³-hybridized carbons (Fsp3) is 0.429. The Balaban J connectivity index is 2.92. The summed E-state index contributed by atoms with van der Waals surface area (Å²) in [5.74, 6) is -1.80. The number of benzene rings is 1. The van der Waals surface area contributed by atoms with Crippen LogP contribution in [0, 0.1) is 5.41 Å². The Kier molecular flexibility index (Phi) is 4.73. The van der Waals surface area contributed by atoms with Crippen molar-refractivity contribution in [1.82, 2.24) is 0 Å². The van der Waals surface area contributed by atoms with Crippen molar-refractivity contribution in [2.45, 2.75) is 33.2 Å². The van der Waals surface area contributed by atoms with Crippen LogP contribution in [0.5, 0.6) is 11.5 Å². The first-order chi connectivity index (χ1) is 9.11. The Morgan fingerprint density at radius 2 is 1.95 bits per heavy atom. The second kappa shape index (κ2) is 5.92. The number of aromatic hydroxyl groups is 1. The minimum absolute atomic E-state index is 0.0000128. The maximum Gasteiger partial charge on any atom is 0.320 e. The molecule has 1 rings (SSSR count). The number of rotatable bonds is 4. The Bertz CT molecular complexity index is 519. The second-order valence-corrected chi connectivity index (χ2v) is 5.59. The van der Waals surface area contributed by atoms with Gasteiger partial charge in [0.1, 0.15) is 6.04 Å². The van der Waals surface area contributed by atoms with Crippen molar-refractivity contribution in [3.63, 3.8) is 0 Å². The van der Waals surface area contributed by atoms with Gasteiger partial charge in [0.25, 0.3) is 0 Å². The van der Waals surface area contributed by atoms with E-state index in [1.165, 1.54) is 18.2 Å². The van der Waals surface area contributed by atoms with Gasteiger partial charge in [-0.05, 0) is 44.9 Å². The summed E-state index contributed by atoms with van der Waals surface area (Å²) in [6, 6.07) is 3.24. The number of carbonyl (C=O) groups excluding carboxylic acids is 1. The highest BCUT2D eigenvalue weighted by molar-refractivity contribution is 5.78. The molecule has 4 N–H and O–H groups in total. The molecule has 0 amide bonds. The number of aliphatic carboxylic acids is 1. The summed E-state index contributed by atoms with van der Waals surface area (Å²) < 4.78 is 5.12. The van der Waals surface area contributed by atoms with E-state index in [1.54, 1.807) is 20.8 Å². The highest BCUT2D eigenvalue weighted by Crippen LogP contribution is 2.29. The molecule has 0 aliphatic carbocycles. The minimum Gasteiger partial charge on any atom is -0.504 e. The molecule has 110 valence electrons. The quantitative estimate of drug-likeness (QED) is 0.567. The van der Waals surface area contributed by atoms with E-state index in [0.717, 1.165) is 0 Å². The van der Waals surface area contributed by atoms with Gasteiger partial charge >= 0.3 is 11.9 Å². The number of ether oxygens (including phenoxy) is 1. The first kappa shape index (κ1) is 16.0. The highest BCUT2D eigenvalue weighted by atomic mass is 16.5. The van der Waals surface area contributed by atoms with E-state index >= 15 is 0 Å². The van der Waals surface area contributed by atoms with E-state index in [0.29, 0.717) is 5.56 Å². The molecule has 0 radical (unpaired) electrons. The third-order valence-corrected chi connectivity index (χ3v) is 2.61. The lowest BCUT2D eigenvalue weighted by Crippen LogP contribution is -2.32. The number of carboxylic acids is 1. The molecule has 0 saturated heterocycles. The van der Waals surface area contributed by atoms with Crippen LogP contribution in [0.15, 0.2) is 18.2 Å². The van der Waals surface area contributed by atoms with Crippen LogP contribution < -0.4 is 10.5 Å². The molecule has 0 heterocycles. The predicted octanol–water partition coefficient (Wildman–Crippen LogP) is 1.30. The average Bonchev–Trinajstić information content (AvgIpc) is 2.31. The molecule has 20 heavy (non-hydrogen) atoms. The molecular formula is C14H19NO5. The summed E-state index contributed by atoms with van der Waals surface area (Å²) >= 11 is 0. The van der Waals surface area contributed by atoms with Crippen LogP contribution >= 0.6 is 0 Å². The number of carboxylic acid groups (broad SMARTS) is 1. The normalized spacial score (nSPS) is 12.8. The van der Waals surface area contributed by atoms with Gasteiger partial charge in [-0.15, -0.1) is 0 Å². The average molecular weight is 281 g/mol. The highest BCUT2D eigenvalue weighted by Gasteiger charge is 2.25. The lowest BCUT2D eigenvalue weighted by Gasteiger charge is -2.17.